The molecule has 1 aliphatic rings. The van der Waals surface area contributed by atoms with Crippen LogP contribution in [0.25, 0.3) is 6.08 Å². The number of ether oxygens (including phenoxy) is 3. The lowest BCUT2D eigenvalue weighted by atomic mass is 9.95. The highest BCUT2D eigenvalue weighted by atomic mass is 32.1. The number of halogens is 1. The fourth-order valence-electron chi connectivity index (χ4n) is 3.83. The monoisotopic (exact) mass is 496 g/mol. The molecule has 0 spiro atoms. The molecule has 35 heavy (non-hydrogen) atoms. The summed E-state index contributed by atoms with van der Waals surface area (Å²) in [6, 6.07) is 9.94. The smallest absolute Gasteiger partial charge is 0.338 e. The van der Waals surface area contributed by atoms with E-state index in [1.807, 2.05) is 0 Å². The minimum atomic E-state index is -0.901. The van der Waals surface area contributed by atoms with Crippen molar-refractivity contribution in [1.82, 2.24) is 4.57 Å². The Morgan fingerprint density at radius 1 is 1.14 bits per heavy atom. The predicted octanol–water partition coefficient (Wildman–Crippen LogP) is 2.48. The molecule has 1 unspecified atom stereocenters. The van der Waals surface area contributed by atoms with E-state index in [0.717, 1.165) is 11.3 Å². The summed E-state index contributed by atoms with van der Waals surface area (Å²) in [7, 11) is 2.65. The second kappa shape index (κ2) is 9.67. The molecule has 3 aromatic rings. The van der Waals surface area contributed by atoms with Crippen molar-refractivity contribution in [3.63, 3.8) is 0 Å². The summed E-state index contributed by atoms with van der Waals surface area (Å²) in [6.07, 6.45) is 1.46. The molecule has 180 valence electrons. The third-order valence-electron chi connectivity index (χ3n) is 5.38. The van der Waals surface area contributed by atoms with E-state index < -0.39 is 29.4 Å². The van der Waals surface area contributed by atoms with Gasteiger partial charge in [0.15, 0.2) is 16.3 Å². The van der Waals surface area contributed by atoms with Crippen molar-refractivity contribution in [3.8, 4) is 11.5 Å². The number of rotatable bonds is 5. The Bertz CT molecular complexity index is 1550. The molecule has 1 aliphatic heterocycles. The van der Waals surface area contributed by atoms with Crippen molar-refractivity contribution >= 4 is 29.4 Å². The molecule has 0 aliphatic carbocycles. The molecule has 2 heterocycles. The molecule has 0 N–H and O–H groups in total. The van der Waals surface area contributed by atoms with Crippen molar-refractivity contribution in [1.29, 1.82) is 0 Å². The Morgan fingerprint density at radius 2 is 1.89 bits per heavy atom. The molecule has 0 bridgehead atoms. The van der Waals surface area contributed by atoms with Crippen molar-refractivity contribution in [3.05, 3.63) is 90.4 Å². The zero-order chi connectivity index (χ0) is 25.3. The minimum Gasteiger partial charge on any atom is -0.493 e. The summed E-state index contributed by atoms with van der Waals surface area (Å²) in [5, 5.41) is 0. The van der Waals surface area contributed by atoms with Crippen molar-refractivity contribution in [2.24, 2.45) is 4.99 Å². The molecular weight excluding hydrogens is 475 g/mol. The van der Waals surface area contributed by atoms with E-state index in [1.54, 1.807) is 37.3 Å². The van der Waals surface area contributed by atoms with E-state index in [4.69, 9.17) is 14.2 Å². The van der Waals surface area contributed by atoms with E-state index in [1.165, 1.54) is 43.9 Å². The zero-order valence-electron chi connectivity index (χ0n) is 19.3. The number of hydrogen-bond acceptors (Lipinski definition) is 8. The van der Waals surface area contributed by atoms with Gasteiger partial charge in [-0.05, 0) is 36.8 Å². The molecule has 8 nitrogen and oxygen atoms in total. The average molecular weight is 497 g/mol. The van der Waals surface area contributed by atoms with Crippen LogP contribution >= 0.6 is 11.3 Å². The summed E-state index contributed by atoms with van der Waals surface area (Å²) in [4.78, 5) is 42.6. The number of nitrogens with zero attached hydrogens (tertiary/aromatic N) is 2. The molecular formula is C25H21FN2O6S. The number of carbonyl (C=O) groups is 2. The van der Waals surface area contributed by atoms with Crippen LogP contribution in [0.4, 0.5) is 4.39 Å². The van der Waals surface area contributed by atoms with E-state index in [9.17, 15) is 18.8 Å². The van der Waals surface area contributed by atoms with Crippen molar-refractivity contribution in [2.75, 3.05) is 14.2 Å². The van der Waals surface area contributed by atoms with E-state index in [0.29, 0.717) is 16.1 Å². The second-order valence-electron chi connectivity index (χ2n) is 7.60. The van der Waals surface area contributed by atoms with Gasteiger partial charge in [-0.3, -0.25) is 14.2 Å². The van der Waals surface area contributed by atoms with Crippen LogP contribution in [0.1, 0.15) is 31.0 Å². The lowest BCUT2D eigenvalue weighted by Crippen LogP contribution is -2.39. The number of aromatic nitrogens is 1. The molecule has 1 atom stereocenters. The molecule has 1 aromatic heterocycles. The maximum absolute atomic E-state index is 14.2. The summed E-state index contributed by atoms with van der Waals surface area (Å²) in [5.74, 6) is -1.21. The number of fused-ring (bicyclic) bond motifs is 1. The Kier molecular flexibility index (Phi) is 6.65. The first-order valence-corrected chi connectivity index (χ1v) is 11.3. The Balaban J connectivity index is 1.97. The molecule has 0 saturated carbocycles. The Labute approximate surface area is 203 Å². The van der Waals surface area contributed by atoms with Gasteiger partial charge in [0, 0.05) is 12.5 Å². The highest BCUT2D eigenvalue weighted by Gasteiger charge is 2.33. The van der Waals surface area contributed by atoms with Gasteiger partial charge in [-0.1, -0.05) is 35.6 Å². The summed E-state index contributed by atoms with van der Waals surface area (Å²) in [5.41, 5.74) is 0.860. The zero-order valence-corrected chi connectivity index (χ0v) is 20.1. The third kappa shape index (κ3) is 4.52. The highest BCUT2D eigenvalue weighted by Crippen LogP contribution is 2.36. The predicted molar refractivity (Wildman–Crippen MR) is 126 cm³/mol. The number of methoxy groups -OCH3 is 2. The molecule has 0 radical (unpaired) electrons. The van der Waals surface area contributed by atoms with E-state index >= 15 is 0 Å². The van der Waals surface area contributed by atoms with Gasteiger partial charge in [-0.2, -0.15) is 0 Å². The van der Waals surface area contributed by atoms with E-state index in [2.05, 4.69) is 4.99 Å². The second-order valence-corrected chi connectivity index (χ2v) is 8.61. The highest BCUT2D eigenvalue weighted by molar-refractivity contribution is 7.07. The first-order chi connectivity index (χ1) is 16.7. The molecule has 4 rings (SSSR count). The van der Waals surface area contributed by atoms with Crippen LogP contribution in [0.15, 0.2) is 63.5 Å². The molecule has 2 aromatic carbocycles. The number of benzene rings is 2. The fraction of sp³-hybridized carbons (Fsp3) is 0.200. The van der Waals surface area contributed by atoms with Gasteiger partial charge in [-0.25, -0.2) is 14.2 Å². The topological polar surface area (TPSA) is 96.2 Å². The summed E-state index contributed by atoms with van der Waals surface area (Å²) >= 11 is 1.09. The fourth-order valence-corrected chi connectivity index (χ4v) is 4.87. The maximum atomic E-state index is 14.2. The van der Waals surface area contributed by atoms with Crippen LogP contribution in [0.5, 0.6) is 11.5 Å². The van der Waals surface area contributed by atoms with Gasteiger partial charge < -0.3 is 14.2 Å². The normalized spacial score (nSPS) is 15.3. The van der Waals surface area contributed by atoms with Crippen LogP contribution < -0.4 is 24.4 Å². The molecule has 10 heteroatoms. The Hall–Kier alpha value is -4.05. The van der Waals surface area contributed by atoms with Gasteiger partial charge >= 0.3 is 11.9 Å². The van der Waals surface area contributed by atoms with Crippen molar-refractivity contribution < 1.29 is 28.2 Å². The van der Waals surface area contributed by atoms with Crippen LogP contribution in [0, 0.1) is 5.82 Å². The largest absolute Gasteiger partial charge is 0.493 e. The van der Waals surface area contributed by atoms with Gasteiger partial charge in [0.25, 0.3) is 5.56 Å². The number of carbonyl (C=O) groups excluding carboxylic acids is 2. The molecule has 0 fully saturated rings. The maximum Gasteiger partial charge on any atom is 0.338 e. The van der Waals surface area contributed by atoms with Crippen molar-refractivity contribution in [2.45, 2.75) is 19.9 Å². The summed E-state index contributed by atoms with van der Waals surface area (Å²) in [6.45, 7) is 2.92. The summed E-state index contributed by atoms with van der Waals surface area (Å²) < 4.78 is 31.4. The molecule has 0 amide bonds. The van der Waals surface area contributed by atoms with E-state index in [-0.39, 0.29) is 27.2 Å². The van der Waals surface area contributed by atoms with Crippen LogP contribution in [0.2, 0.25) is 0 Å². The third-order valence-corrected chi connectivity index (χ3v) is 6.36. The first kappa shape index (κ1) is 24.1. The standard InChI is InChI=1S/C25H21FN2O6S/c1-13-21(24(31)33-4)22(16-9-10-18(34-14(2)29)19(11-16)32-3)28-23(30)20(35-25(28)27-13)12-15-7-5-6-8-17(15)26/h5-12,22H,1-4H3. The van der Waals surface area contributed by atoms with Gasteiger partial charge in [0.05, 0.1) is 36.1 Å². The molecule has 0 saturated heterocycles. The number of hydrogen-bond donors (Lipinski definition) is 0. The van der Waals surface area contributed by atoms with Crippen LogP contribution in [0.3, 0.4) is 0 Å². The van der Waals surface area contributed by atoms with Crippen LogP contribution in [-0.2, 0) is 14.3 Å². The van der Waals surface area contributed by atoms with Gasteiger partial charge in [0.2, 0.25) is 0 Å². The number of allylic oxidation sites excluding steroid dienone is 1. The SMILES string of the molecule is COC(=O)C1=C(C)N=c2sc(=Cc3ccccc3F)c(=O)n2C1c1ccc(OC(C)=O)c(OC)c1. The minimum absolute atomic E-state index is 0.166. The number of thiazole rings is 1. The van der Waals surface area contributed by atoms with Gasteiger partial charge in [-0.15, -0.1) is 0 Å². The van der Waals surface area contributed by atoms with Gasteiger partial charge in [0.1, 0.15) is 5.82 Å². The average Bonchev–Trinajstić information content (AvgIpc) is 3.13. The van der Waals surface area contributed by atoms with Crippen LogP contribution in [-0.4, -0.2) is 30.7 Å². The quantitative estimate of drug-likeness (QED) is 0.398. The first-order valence-electron chi connectivity index (χ1n) is 10.5. The lowest BCUT2D eigenvalue weighted by molar-refractivity contribution is -0.136. The number of esters is 2. The Morgan fingerprint density at radius 3 is 2.54 bits per heavy atom. The lowest BCUT2D eigenvalue weighted by Gasteiger charge is -2.25.